The predicted molar refractivity (Wildman–Crippen MR) is 77.5 cm³/mol. The van der Waals surface area contributed by atoms with Gasteiger partial charge in [-0.2, -0.15) is 0 Å². The van der Waals surface area contributed by atoms with E-state index in [4.69, 9.17) is 16.0 Å². The van der Waals surface area contributed by atoms with E-state index in [0.717, 1.165) is 11.4 Å². The number of halogens is 1. The van der Waals surface area contributed by atoms with Gasteiger partial charge in [-0.25, -0.2) is 0 Å². The van der Waals surface area contributed by atoms with Crippen LogP contribution in [0.25, 0.3) is 0 Å². The van der Waals surface area contributed by atoms with Gasteiger partial charge in [0, 0.05) is 37.8 Å². The molecule has 19 heavy (non-hydrogen) atoms. The highest BCUT2D eigenvalue weighted by Crippen LogP contribution is 2.24. The minimum Gasteiger partial charge on any atom is -0.408 e. The van der Waals surface area contributed by atoms with E-state index < -0.39 is 0 Å². The quantitative estimate of drug-likeness (QED) is 0.854. The van der Waals surface area contributed by atoms with Crippen LogP contribution in [0.2, 0.25) is 0 Å². The van der Waals surface area contributed by atoms with Gasteiger partial charge in [0.05, 0.1) is 0 Å². The molecule has 0 saturated carbocycles. The fourth-order valence-corrected chi connectivity index (χ4v) is 1.94. The zero-order chi connectivity index (χ0) is 13.8. The van der Waals surface area contributed by atoms with Gasteiger partial charge in [-0.05, 0) is 24.6 Å². The molecule has 5 nitrogen and oxygen atoms in total. The van der Waals surface area contributed by atoms with Crippen molar-refractivity contribution in [2.24, 2.45) is 0 Å². The molecule has 1 aromatic carbocycles. The molecular weight excluding hydrogens is 264 g/mol. The third-order valence-electron chi connectivity index (χ3n) is 2.72. The van der Waals surface area contributed by atoms with Crippen LogP contribution in [0, 0.1) is 6.92 Å². The molecule has 2 aromatic rings. The van der Waals surface area contributed by atoms with Gasteiger partial charge in [0.1, 0.15) is 0 Å². The summed E-state index contributed by atoms with van der Waals surface area (Å²) in [6, 6.07) is 6.45. The van der Waals surface area contributed by atoms with Crippen LogP contribution in [0.15, 0.2) is 22.6 Å². The van der Waals surface area contributed by atoms with E-state index in [2.05, 4.69) is 27.3 Å². The summed E-state index contributed by atoms with van der Waals surface area (Å²) in [6.07, 6.45) is 0.576. The van der Waals surface area contributed by atoms with E-state index >= 15 is 0 Å². The van der Waals surface area contributed by atoms with Gasteiger partial charge in [0.2, 0.25) is 5.89 Å². The molecule has 1 aromatic heterocycles. The summed E-state index contributed by atoms with van der Waals surface area (Å²) in [7, 11) is 4.02. The van der Waals surface area contributed by atoms with Crippen LogP contribution in [0.5, 0.6) is 0 Å². The number of benzene rings is 1. The molecule has 2 rings (SSSR count). The molecule has 6 heteroatoms. The van der Waals surface area contributed by atoms with Crippen LogP contribution in [0.3, 0.4) is 0 Å². The highest BCUT2D eigenvalue weighted by atomic mass is 35.5. The summed E-state index contributed by atoms with van der Waals surface area (Å²) >= 11 is 5.62. The molecule has 0 amide bonds. The van der Waals surface area contributed by atoms with Gasteiger partial charge in [0.25, 0.3) is 0 Å². The molecule has 0 aliphatic rings. The summed E-state index contributed by atoms with van der Waals surface area (Å²) in [5.41, 5.74) is 3.27. The van der Waals surface area contributed by atoms with Crippen molar-refractivity contribution in [1.29, 1.82) is 0 Å². The van der Waals surface area contributed by atoms with Crippen molar-refractivity contribution >= 4 is 29.0 Å². The molecule has 1 N–H and O–H groups in total. The van der Waals surface area contributed by atoms with E-state index in [1.165, 1.54) is 5.56 Å². The molecule has 0 aliphatic carbocycles. The zero-order valence-corrected chi connectivity index (χ0v) is 12.0. The number of rotatable bonds is 5. The number of nitrogens with one attached hydrogen (secondary N) is 1. The second-order valence-electron chi connectivity index (χ2n) is 4.46. The predicted octanol–water partition coefficient (Wildman–Crippen LogP) is 2.97. The molecule has 0 atom stereocenters. The van der Waals surface area contributed by atoms with Crippen molar-refractivity contribution in [2.75, 3.05) is 30.2 Å². The number of hydrogen-bond donors (Lipinski definition) is 1. The van der Waals surface area contributed by atoms with Crippen LogP contribution < -0.4 is 10.2 Å². The van der Waals surface area contributed by atoms with Gasteiger partial charge in [0.15, 0.2) is 0 Å². The lowest BCUT2D eigenvalue weighted by Gasteiger charge is -2.16. The van der Waals surface area contributed by atoms with E-state index in [1.54, 1.807) is 0 Å². The van der Waals surface area contributed by atoms with Crippen molar-refractivity contribution in [3.05, 3.63) is 29.7 Å². The lowest BCUT2D eigenvalue weighted by atomic mass is 10.1. The number of nitrogens with zero attached hydrogens (tertiary/aromatic N) is 3. The van der Waals surface area contributed by atoms with Crippen molar-refractivity contribution in [2.45, 2.75) is 13.3 Å². The second kappa shape index (κ2) is 5.93. The van der Waals surface area contributed by atoms with Crippen LogP contribution in [0.4, 0.5) is 17.4 Å². The first kappa shape index (κ1) is 13.7. The van der Waals surface area contributed by atoms with Crippen molar-refractivity contribution in [1.82, 2.24) is 10.2 Å². The summed E-state index contributed by atoms with van der Waals surface area (Å²) in [5.74, 6) is 1.01. The van der Waals surface area contributed by atoms with Crippen LogP contribution in [-0.4, -0.2) is 30.2 Å². The standard InChI is InChI=1S/C13H17ClN4O/c1-9-4-5-10(8-11(9)18(2)3)15-13-17-16-12(19-13)6-7-14/h4-5,8H,6-7H2,1-3H3,(H,15,17). The van der Waals surface area contributed by atoms with E-state index in [0.29, 0.717) is 24.2 Å². The van der Waals surface area contributed by atoms with E-state index in [-0.39, 0.29) is 0 Å². The first-order valence-corrected chi connectivity index (χ1v) is 6.57. The topological polar surface area (TPSA) is 54.2 Å². The third-order valence-corrected chi connectivity index (χ3v) is 2.91. The van der Waals surface area contributed by atoms with Gasteiger partial charge >= 0.3 is 6.01 Å². The van der Waals surface area contributed by atoms with Gasteiger partial charge < -0.3 is 14.6 Å². The number of aromatic nitrogens is 2. The fraction of sp³-hybridized carbons (Fsp3) is 0.385. The smallest absolute Gasteiger partial charge is 0.320 e. The normalized spacial score (nSPS) is 10.5. The maximum absolute atomic E-state index is 5.62. The summed E-state index contributed by atoms with van der Waals surface area (Å²) in [4.78, 5) is 2.06. The molecule has 0 aliphatic heterocycles. The van der Waals surface area contributed by atoms with Crippen molar-refractivity contribution < 1.29 is 4.42 Å². The average Bonchev–Trinajstić information content (AvgIpc) is 2.79. The van der Waals surface area contributed by atoms with Crippen molar-refractivity contribution in [3.63, 3.8) is 0 Å². The maximum Gasteiger partial charge on any atom is 0.320 e. The molecule has 0 saturated heterocycles. The van der Waals surface area contributed by atoms with E-state index in [1.807, 2.05) is 32.3 Å². The zero-order valence-electron chi connectivity index (χ0n) is 11.3. The molecule has 0 radical (unpaired) electrons. The molecule has 0 bridgehead atoms. The average molecular weight is 281 g/mol. The Morgan fingerprint density at radius 1 is 1.32 bits per heavy atom. The number of hydrogen-bond acceptors (Lipinski definition) is 5. The molecule has 0 spiro atoms. The number of aryl methyl sites for hydroxylation is 2. The van der Waals surface area contributed by atoms with Gasteiger partial charge in [-0.15, -0.1) is 16.7 Å². The van der Waals surface area contributed by atoms with Gasteiger partial charge in [-0.1, -0.05) is 11.2 Å². The first-order chi connectivity index (χ1) is 9.10. The second-order valence-corrected chi connectivity index (χ2v) is 4.84. The first-order valence-electron chi connectivity index (χ1n) is 6.03. The Morgan fingerprint density at radius 2 is 2.11 bits per heavy atom. The molecule has 0 fully saturated rings. The highest BCUT2D eigenvalue weighted by molar-refractivity contribution is 6.17. The summed E-state index contributed by atoms with van der Waals surface area (Å²) in [5, 5.41) is 10.9. The molecular formula is C13H17ClN4O. The Kier molecular flexibility index (Phi) is 4.27. The minimum atomic E-state index is 0.383. The Morgan fingerprint density at radius 3 is 2.79 bits per heavy atom. The number of anilines is 3. The largest absolute Gasteiger partial charge is 0.408 e. The van der Waals surface area contributed by atoms with Gasteiger partial charge in [-0.3, -0.25) is 0 Å². The Hall–Kier alpha value is -1.75. The minimum absolute atomic E-state index is 0.383. The Bertz CT molecular complexity index is 553. The lowest BCUT2D eigenvalue weighted by Crippen LogP contribution is -2.10. The third kappa shape index (κ3) is 3.38. The number of alkyl halides is 1. The van der Waals surface area contributed by atoms with Crippen LogP contribution in [-0.2, 0) is 6.42 Å². The van der Waals surface area contributed by atoms with Crippen LogP contribution >= 0.6 is 11.6 Å². The highest BCUT2D eigenvalue weighted by Gasteiger charge is 2.07. The molecule has 0 unspecified atom stereocenters. The Labute approximate surface area is 117 Å². The lowest BCUT2D eigenvalue weighted by molar-refractivity contribution is 0.516. The molecule has 102 valence electrons. The SMILES string of the molecule is Cc1ccc(Nc2nnc(CCCl)o2)cc1N(C)C. The van der Waals surface area contributed by atoms with Crippen molar-refractivity contribution in [3.8, 4) is 0 Å². The monoisotopic (exact) mass is 280 g/mol. The summed E-state index contributed by atoms with van der Waals surface area (Å²) in [6.45, 7) is 2.07. The fourth-order valence-electron chi connectivity index (χ4n) is 1.78. The molecule has 1 heterocycles. The van der Waals surface area contributed by atoms with Crippen LogP contribution in [0.1, 0.15) is 11.5 Å². The van der Waals surface area contributed by atoms with E-state index in [9.17, 15) is 0 Å². The maximum atomic E-state index is 5.62. The summed E-state index contributed by atoms with van der Waals surface area (Å²) < 4.78 is 5.43. The Balaban J connectivity index is 2.16.